The molecule has 19 heavy (non-hydrogen) atoms. The molecule has 4 nitrogen and oxygen atoms in total. The number of hydrogen-bond acceptors (Lipinski definition) is 3. The molecule has 0 bridgehead atoms. The Hall–Kier alpha value is -1.05. The monoisotopic (exact) mass is 293 g/mol. The van der Waals surface area contributed by atoms with E-state index in [1.165, 1.54) is 0 Å². The Balaban J connectivity index is 3.14. The Kier molecular flexibility index (Phi) is 5.84. The third-order valence-electron chi connectivity index (χ3n) is 2.62. The van der Waals surface area contributed by atoms with Gasteiger partial charge in [-0.15, -0.1) is 0 Å². The molecular weight excluding hydrogens is 276 g/mol. The van der Waals surface area contributed by atoms with Crippen LogP contribution in [-0.4, -0.2) is 37.5 Å². The lowest BCUT2D eigenvalue weighted by atomic mass is 10.3. The first-order valence-corrected chi connectivity index (χ1v) is 7.43. The third-order valence-corrected chi connectivity index (χ3v) is 4.54. The smallest absolute Gasteiger partial charge is 0.246 e. The first kappa shape index (κ1) is 16.0. The predicted molar refractivity (Wildman–Crippen MR) is 67.1 cm³/mol. The summed E-state index contributed by atoms with van der Waals surface area (Å²) < 4.78 is 52.0. The average molecular weight is 293 g/mol. The number of sulfonamides is 1. The molecule has 1 aromatic carbocycles. The zero-order valence-electron chi connectivity index (χ0n) is 10.6. The lowest BCUT2D eigenvalue weighted by Crippen LogP contribution is -2.35. The van der Waals surface area contributed by atoms with Crippen molar-refractivity contribution in [3.63, 3.8) is 0 Å². The van der Waals surface area contributed by atoms with Crippen LogP contribution in [0.25, 0.3) is 0 Å². The molecule has 0 spiro atoms. The number of aliphatic hydroxyl groups excluding tert-OH is 1. The van der Waals surface area contributed by atoms with Gasteiger partial charge in [-0.25, -0.2) is 17.2 Å². The molecule has 0 aliphatic carbocycles. The van der Waals surface area contributed by atoms with Crippen molar-refractivity contribution in [3.05, 3.63) is 29.8 Å². The highest BCUT2D eigenvalue weighted by Crippen LogP contribution is 2.20. The molecule has 0 aliphatic heterocycles. The van der Waals surface area contributed by atoms with Gasteiger partial charge in [-0.05, 0) is 24.6 Å². The quantitative estimate of drug-likeness (QED) is 0.833. The number of hydrogen-bond donors (Lipinski definition) is 1. The van der Waals surface area contributed by atoms with E-state index in [1.807, 2.05) is 6.92 Å². The number of rotatable bonds is 7. The lowest BCUT2D eigenvalue weighted by Gasteiger charge is -2.21. The van der Waals surface area contributed by atoms with Gasteiger partial charge in [-0.2, -0.15) is 4.31 Å². The van der Waals surface area contributed by atoms with Gasteiger partial charge in [0.25, 0.3) is 0 Å². The molecule has 0 saturated heterocycles. The van der Waals surface area contributed by atoms with Crippen molar-refractivity contribution in [3.8, 4) is 0 Å². The van der Waals surface area contributed by atoms with Crippen LogP contribution in [0.3, 0.4) is 0 Å². The van der Waals surface area contributed by atoms with Crippen molar-refractivity contribution in [1.29, 1.82) is 0 Å². The minimum atomic E-state index is -4.13. The molecule has 108 valence electrons. The van der Waals surface area contributed by atoms with Gasteiger partial charge >= 0.3 is 0 Å². The third kappa shape index (κ3) is 3.95. The standard InChI is InChI=1S/C12H17F2NO3S/c1-2-3-6-15(7-8-16)19(17,18)12-9-10(13)4-5-11(12)14/h4-5,9,16H,2-3,6-8H2,1H3. The van der Waals surface area contributed by atoms with Crippen LogP contribution in [0.1, 0.15) is 19.8 Å². The maximum atomic E-state index is 13.6. The van der Waals surface area contributed by atoms with Crippen LogP contribution in [0.15, 0.2) is 23.1 Å². The summed E-state index contributed by atoms with van der Waals surface area (Å²) in [6, 6.07) is 2.29. The van der Waals surface area contributed by atoms with Gasteiger partial charge in [0.1, 0.15) is 16.5 Å². The van der Waals surface area contributed by atoms with Crippen molar-refractivity contribution < 1.29 is 22.3 Å². The number of benzene rings is 1. The zero-order valence-corrected chi connectivity index (χ0v) is 11.5. The molecule has 0 unspecified atom stereocenters. The normalized spacial score (nSPS) is 12.1. The lowest BCUT2D eigenvalue weighted by molar-refractivity contribution is 0.252. The second kappa shape index (κ2) is 6.93. The van der Waals surface area contributed by atoms with Crippen LogP contribution in [-0.2, 0) is 10.0 Å². The van der Waals surface area contributed by atoms with Crippen LogP contribution in [0.2, 0.25) is 0 Å². The van der Waals surface area contributed by atoms with Crippen molar-refractivity contribution in [2.75, 3.05) is 19.7 Å². The molecular formula is C12H17F2NO3S. The number of nitrogens with zero attached hydrogens (tertiary/aromatic N) is 1. The molecule has 0 atom stereocenters. The van der Waals surface area contributed by atoms with Crippen LogP contribution in [0.5, 0.6) is 0 Å². The first-order valence-electron chi connectivity index (χ1n) is 5.99. The van der Waals surface area contributed by atoms with Gasteiger partial charge in [-0.3, -0.25) is 0 Å². The summed E-state index contributed by atoms with van der Waals surface area (Å²) in [6.07, 6.45) is 1.33. The van der Waals surface area contributed by atoms with E-state index in [9.17, 15) is 17.2 Å². The number of halogens is 2. The Morgan fingerprint density at radius 3 is 2.53 bits per heavy atom. The minimum Gasteiger partial charge on any atom is -0.395 e. The maximum Gasteiger partial charge on any atom is 0.246 e. The van der Waals surface area contributed by atoms with E-state index in [0.29, 0.717) is 12.5 Å². The zero-order chi connectivity index (χ0) is 14.5. The molecule has 1 rings (SSSR count). The summed E-state index contributed by atoms with van der Waals surface area (Å²) in [6.45, 7) is 1.53. The Morgan fingerprint density at radius 1 is 1.26 bits per heavy atom. The topological polar surface area (TPSA) is 57.6 Å². The summed E-state index contributed by atoms with van der Waals surface area (Å²) in [4.78, 5) is -0.697. The molecule has 0 saturated carbocycles. The summed E-state index contributed by atoms with van der Waals surface area (Å²) in [5, 5.41) is 8.90. The van der Waals surface area contributed by atoms with Gasteiger partial charge < -0.3 is 5.11 Å². The summed E-state index contributed by atoms with van der Waals surface area (Å²) in [7, 11) is -4.13. The Bertz CT molecular complexity index is 520. The Morgan fingerprint density at radius 2 is 1.95 bits per heavy atom. The van der Waals surface area contributed by atoms with E-state index in [2.05, 4.69) is 0 Å². The van der Waals surface area contributed by atoms with Gasteiger partial charge in [0, 0.05) is 13.1 Å². The first-order chi connectivity index (χ1) is 8.93. The number of aliphatic hydroxyl groups is 1. The fourth-order valence-corrected chi connectivity index (χ4v) is 3.16. The van der Waals surface area contributed by atoms with Gasteiger partial charge in [0.05, 0.1) is 6.61 Å². The second-order valence-electron chi connectivity index (χ2n) is 4.06. The van der Waals surface area contributed by atoms with E-state index in [4.69, 9.17) is 5.11 Å². The molecule has 0 heterocycles. The van der Waals surface area contributed by atoms with Crippen molar-refractivity contribution >= 4 is 10.0 Å². The van der Waals surface area contributed by atoms with E-state index in [0.717, 1.165) is 22.9 Å². The fourth-order valence-electron chi connectivity index (χ4n) is 1.61. The maximum absolute atomic E-state index is 13.6. The summed E-state index contributed by atoms with van der Waals surface area (Å²) in [5.41, 5.74) is 0. The average Bonchev–Trinajstić information content (AvgIpc) is 2.37. The Labute approximate surface area is 111 Å². The second-order valence-corrected chi connectivity index (χ2v) is 5.96. The van der Waals surface area contributed by atoms with Gasteiger partial charge in [-0.1, -0.05) is 13.3 Å². The van der Waals surface area contributed by atoms with E-state index in [1.54, 1.807) is 0 Å². The summed E-state index contributed by atoms with van der Waals surface area (Å²) >= 11 is 0. The molecule has 1 aromatic rings. The van der Waals surface area contributed by atoms with Crippen molar-refractivity contribution in [1.82, 2.24) is 4.31 Å². The van der Waals surface area contributed by atoms with Crippen molar-refractivity contribution in [2.24, 2.45) is 0 Å². The van der Waals surface area contributed by atoms with Crippen LogP contribution in [0.4, 0.5) is 8.78 Å². The molecule has 0 amide bonds. The largest absolute Gasteiger partial charge is 0.395 e. The molecule has 0 radical (unpaired) electrons. The molecule has 0 aromatic heterocycles. The molecule has 0 fully saturated rings. The SMILES string of the molecule is CCCCN(CCO)S(=O)(=O)c1cc(F)ccc1F. The van der Waals surface area contributed by atoms with E-state index < -0.39 is 26.6 Å². The molecule has 7 heteroatoms. The van der Waals surface area contributed by atoms with Crippen molar-refractivity contribution in [2.45, 2.75) is 24.7 Å². The van der Waals surface area contributed by atoms with Crippen LogP contribution in [0, 0.1) is 11.6 Å². The van der Waals surface area contributed by atoms with Crippen LogP contribution >= 0.6 is 0 Å². The van der Waals surface area contributed by atoms with Gasteiger partial charge in [0.15, 0.2) is 0 Å². The highest BCUT2D eigenvalue weighted by atomic mass is 32.2. The fraction of sp³-hybridized carbons (Fsp3) is 0.500. The highest BCUT2D eigenvalue weighted by molar-refractivity contribution is 7.89. The number of unbranched alkanes of at least 4 members (excludes halogenated alkanes) is 1. The van der Waals surface area contributed by atoms with E-state index >= 15 is 0 Å². The van der Waals surface area contributed by atoms with E-state index in [-0.39, 0.29) is 19.7 Å². The van der Waals surface area contributed by atoms with Crippen LogP contribution < -0.4 is 0 Å². The molecule has 0 aliphatic rings. The predicted octanol–water partition coefficient (Wildman–Crippen LogP) is 1.75. The summed E-state index contributed by atoms with van der Waals surface area (Å²) in [5.74, 6) is -1.82. The molecule has 1 N–H and O–H groups in total. The van der Waals surface area contributed by atoms with Gasteiger partial charge in [0.2, 0.25) is 10.0 Å². The highest BCUT2D eigenvalue weighted by Gasteiger charge is 2.27. The minimum absolute atomic E-state index is 0.141.